The van der Waals surface area contributed by atoms with Gasteiger partial charge in [-0.05, 0) is 6.42 Å². The van der Waals surface area contributed by atoms with Crippen LogP contribution in [0.15, 0.2) is 0 Å². The number of hydrogen-bond donors (Lipinski definition) is 1. The van der Waals surface area contributed by atoms with Crippen molar-refractivity contribution in [2.75, 3.05) is 12.8 Å². The van der Waals surface area contributed by atoms with Crippen molar-refractivity contribution in [3.63, 3.8) is 0 Å². The van der Waals surface area contributed by atoms with Crippen LogP contribution >= 0.6 is 7.60 Å². The molecule has 0 aliphatic rings. The summed E-state index contributed by atoms with van der Waals surface area (Å²) in [6, 6.07) is 0. The van der Waals surface area contributed by atoms with E-state index in [1.165, 1.54) is 0 Å². The van der Waals surface area contributed by atoms with E-state index in [0.29, 0.717) is 12.8 Å². The van der Waals surface area contributed by atoms with Gasteiger partial charge in [-0.15, -0.1) is 0 Å². The summed E-state index contributed by atoms with van der Waals surface area (Å²) in [7, 11) is -4.03. The topological polar surface area (TPSA) is 46.5 Å². The Bertz CT molecular complexity index is 192. The highest BCUT2D eigenvalue weighted by Gasteiger charge is 2.32. The Labute approximate surface area is 74.4 Å². The molecule has 1 N–H and O–H groups in total. The summed E-state index contributed by atoms with van der Waals surface area (Å²) in [6.45, 7) is 0.105. The predicted octanol–water partition coefficient (Wildman–Crippen LogP) is 2.55. The van der Waals surface area contributed by atoms with Gasteiger partial charge in [-0.2, -0.15) is 13.2 Å². The van der Waals surface area contributed by atoms with Gasteiger partial charge in [0.05, 0.1) is 0 Å². The largest absolute Gasteiger partial charge is 0.412 e. The number of halogens is 3. The first-order valence-corrected chi connectivity index (χ1v) is 5.56. The minimum atomic E-state index is -4.55. The van der Waals surface area contributed by atoms with Crippen LogP contribution in [0.2, 0.25) is 0 Å². The molecular formula is C6H12F3O3P. The highest BCUT2D eigenvalue weighted by Crippen LogP contribution is 2.43. The zero-order chi connectivity index (χ0) is 10.5. The van der Waals surface area contributed by atoms with Crippen LogP contribution in [-0.2, 0) is 9.09 Å². The molecule has 80 valence electrons. The van der Waals surface area contributed by atoms with Gasteiger partial charge < -0.3 is 4.89 Å². The molecular weight excluding hydrogens is 208 g/mol. The monoisotopic (exact) mass is 220 g/mol. The second-order valence-corrected chi connectivity index (χ2v) is 4.58. The summed E-state index contributed by atoms with van der Waals surface area (Å²) >= 11 is 0. The molecule has 0 saturated heterocycles. The molecule has 3 nitrogen and oxygen atoms in total. The first-order valence-electron chi connectivity index (χ1n) is 3.80. The Morgan fingerprint density at radius 1 is 1.46 bits per heavy atom. The van der Waals surface area contributed by atoms with Crippen LogP contribution in [0.1, 0.15) is 19.8 Å². The molecule has 0 heterocycles. The van der Waals surface area contributed by atoms with E-state index in [4.69, 9.17) is 4.89 Å². The smallest absolute Gasteiger partial charge is 0.324 e. The molecule has 0 saturated carbocycles. The molecule has 0 aromatic rings. The lowest BCUT2D eigenvalue weighted by atomic mass is 10.4. The number of rotatable bonds is 5. The van der Waals surface area contributed by atoms with E-state index in [-0.39, 0.29) is 6.16 Å². The third kappa shape index (κ3) is 8.28. The van der Waals surface area contributed by atoms with E-state index < -0.39 is 20.4 Å². The van der Waals surface area contributed by atoms with Gasteiger partial charge in [0.25, 0.3) is 0 Å². The summed E-state index contributed by atoms with van der Waals surface area (Å²) < 4.78 is 49.4. The zero-order valence-corrected chi connectivity index (χ0v) is 8.07. The minimum absolute atomic E-state index is 0.223. The van der Waals surface area contributed by atoms with Crippen molar-refractivity contribution in [3.05, 3.63) is 0 Å². The predicted molar refractivity (Wildman–Crippen MR) is 41.6 cm³/mol. The van der Waals surface area contributed by atoms with Crippen LogP contribution in [0.5, 0.6) is 0 Å². The van der Waals surface area contributed by atoms with Crippen molar-refractivity contribution >= 4 is 7.60 Å². The van der Waals surface area contributed by atoms with Gasteiger partial charge >= 0.3 is 13.8 Å². The average molecular weight is 220 g/mol. The van der Waals surface area contributed by atoms with Gasteiger partial charge in [-0.3, -0.25) is 9.09 Å². The van der Waals surface area contributed by atoms with Crippen molar-refractivity contribution < 1.29 is 27.2 Å². The summed E-state index contributed by atoms with van der Waals surface area (Å²) in [5.74, 6) is 0. The van der Waals surface area contributed by atoms with Gasteiger partial charge in [0.2, 0.25) is 0 Å². The van der Waals surface area contributed by atoms with E-state index >= 15 is 0 Å². The highest BCUT2D eigenvalue weighted by molar-refractivity contribution is 7.52. The van der Waals surface area contributed by atoms with E-state index in [1.54, 1.807) is 6.92 Å². The first kappa shape index (κ1) is 12.9. The van der Waals surface area contributed by atoms with Crippen LogP contribution in [-0.4, -0.2) is 23.8 Å². The normalized spacial score (nSPS) is 17.0. The molecule has 0 bridgehead atoms. The van der Waals surface area contributed by atoms with E-state index in [0.717, 1.165) is 0 Å². The summed E-state index contributed by atoms with van der Waals surface area (Å²) in [4.78, 5) is 8.84. The molecule has 0 aromatic carbocycles. The number of unbranched alkanes of at least 4 members (excludes halogenated alkanes) is 1. The Kier molecular flexibility index (Phi) is 4.96. The number of alkyl halides is 3. The van der Waals surface area contributed by atoms with Crippen molar-refractivity contribution in [1.29, 1.82) is 0 Å². The van der Waals surface area contributed by atoms with E-state index in [9.17, 15) is 17.7 Å². The maximum Gasteiger partial charge on any atom is 0.412 e. The maximum absolute atomic E-state index is 11.6. The Balaban J connectivity index is 3.83. The molecule has 0 spiro atoms. The lowest BCUT2D eigenvalue weighted by Crippen LogP contribution is -2.16. The molecule has 0 amide bonds. The second-order valence-electron chi connectivity index (χ2n) is 2.60. The first-order chi connectivity index (χ1) is 5.77. The van der Waals surface area contributed by atoms with Crippen molar-refractivity contribution in [3.8, 4) is 0 Å². The fraction of sp³-hybridized carbons (Fsp3) is 1.00. The Hall–Kier alpha value is -0.0600. The van der Waals surface area contributed by atoms with Gasteiger partial charge in [0.1, 0.15) is 0 Å². The SMILES string of the molecule is CCCCP(=O)(O)OCC(F)(F)F. The molecule has 0 radical (unpaired) electrons. The summed E-state index contributed by atoms with van der Waals surface area (Å²) in [5, 5.41) is 0. The number of hydrogen-bond acceptors (Lipinski definition) is 2. The molecule has 0 aliphatic carbocycles. The third-order valence-electron chi connectivity index (χ3n) is 1.22. The van der Waals surface area contributed by atoms with Gasteiger partial charge in [-0.1, -0.05) is 13.3 Å². The van der Waals surface area contributed by atoms with Crippen LogP contribution in [0.25, 0.3) is 0 Å². The van der Waals surface area contributed by atoms with Gasteiger partial charge in [0, 0.05) is 6.16 Å². The van der Waals surface area contributed by atoms with Crippen LogP contribution in [0.4, 0.5) is 13.2 Å². The van der Waals surface area contributed by atoms with Gasteiger partial charge in [-0.25, -0.2) is 0 Å². The lowest BCUT2D eigenvalue weighted by molar-refractivity contribution is -0.154. The zero-order valence-electron chi connectivity index (χ0n) is 7.17. The molecule has 1 atom stereocenters. The summed E-state index contributed by atoms with van der Waals surface area (Å²) in [5.41, 5.74) is 0. The molecule has 7 heteroatoms. The van der Waals surface area contributed by atoms with E-state index in [2.05, 4.69) is 4.52 Å². The van der Waals surface area contributed by atoms with Gasteiger partial charge in [0.15, 0.2) is 6.61 Å². The van der Waals surface area contributed by atoms with Crippen LogP contribution < -0.4 is 0 Å². The lowest BCUT2D eigenvalue weighted by Gasteiger charge is -2.12. The fourth-order valence-electron chi connectivity index (χ4n) is 0.597. The maximum atomic E-state index is 11.6. The molecule has 0 aliphatic heterocycles. The van der Waals surface area contributed by atoms with Crippen molar-refractivity contribution in [2.45, 2.75) is 25.9 Å². The van der Waals surface area contributed by atoms with E-state index in [1.807, 2.05) is 0 Å². The molecule has 0 fully saturated rings. The fourth-order valence-corrected chi connectivity index (χ4v) is 1.79. The second kappa shape index (κ2) is 4.98. The molecule has 0 aromatic heterocycles. The van der Waals surface area contributed by atoms with Crippen molar-refractivity contribution in [1.82, 2.24) is 0 Å². The van der Waals surface area contributed by atoms with Crippen LogP contribution in [0.3, 0.4) is 0 Å². The Morgan fingerprint density at radius 3 is 2.38 bits per heavy atom. The van der Waals surface area contributed by atoms with Crippen molar-refractivity contribution in [2.24, 2.45) is 0 Å². The average Bonchev–Trinajstić information content (AvgIpc) is 1.97. The Morgan fingerprint density at radius 2 is 2.00 bits per heavy atom. The third-order valence-corrected chi connectivity index (χ3v) is 2.64. The van der Waals surface area contributed by atoms with Crippen LogP contribution in [0, 0.1) is 0 Å². The molecule has 13 heavy (non-hydrogen) atoms. The quantitative estimate of drug-likeness (QED) is 0.724. The standard InChI is InChI=1S/C6H12F3O3P/c1-2-3-4-13(10,11)12-5-6(7,8)9/h2-5H2,1H3,(H,10,11). The minimum Gasteiger partial charge on any atom is -0.324 e. The summed E-state index contributed by atoms with van der Waals surface area (Å²) in [6.07, 6.45) is -3.75. The molecule has 1 unspecified atom stereocenters. The molecule has 0 rings (SSSR count). The highest BCUT2D eigenvalue weighted by atomic mass is 31.2.